The maximum absolute atomic E-state index is 12.5. The fourth-order valence-corrected chi connectivity index (χ4v) is 3.77. The van der Waals surface area contributed by atoms with Gasteiger partial charge in [-0.25, -0.2) is 4.98 Å². The molecule has 2 aromatic heterocycles. The van der Waals surface area contributed by atoms with E-state index in [-0.39, 0.29) is 11.7 Å². The lowest BCUT2D eigenvalue weighted by Crippen LogP contribution is -2.48. The molecule has 0 radical (unpaired) electrons. The molecule has 0 amide bonds. The number of morpholine rings is 1. The Hall–Kier alpha value is -2.73. The Labute approximate surface area is 158 Å². The van der Waals surface area contributed by atoms with E-state index in [1.165, 1.54) is 0 Å². The maximum atomic E-state index is 12.5. The number of nitrogens with zero attached hydrogens (tertiary/aromatic N) is 4. The van der Waals surface area contributed by atoms with Crippen LogP contribution in [0.3, 0.4) is 0 Å². The molecule has 3 atom stereocenters. The number of allylic oxidation sites excluding steroid dienone is 3. The van der Waals surface area contributed by atoms with Crippen LogP contribution < -0.4 is 10.5 Å². The van der Waals surface area contributed by atoms with Gasteiger partial charge in [0, 0.05) is 50.1 Å². The van der Waals surface area contributed by atoms with Crippen LogP contribution in [0, 0.1) is 11.8 Å². The third kappa shape index (κ3) is 3.57. The lowest BCUT2D eigenvalue weighted by molar-refractivity contribution is 0.00460. The summed E-state index contributed by atoms with van der Waals surface area (Å²) in [5, 5.41) is 0. The van der Waals surface area contributed by atoms with E-state index in [0.29, 0.717) is 36.6 Å². The van der Waals surface area contributed by atoms with E-state index < -0.39 is 0 Å². The van der Waals surface area contributed by atoms with E-state index in [1.807, 2.05) is 12.1 Å². The van der Waals surface area contributed by atoms with Crippen molar-refractivity contribution in [1.29, 1.82) is 0 Å². The first-order chi connectivity index (χ1) is 13.1. The molecule has 2 aromatic rings. The highest BCUT2D eigenvalue weighted by atomic mass is 16.5. The Balaban J connectivity index is 1.64. The van der Waals surface area contributed by atoms with Crippen LogP contribution >= 0.6 is 0 Å². The summed E-state index contributed by atoms with van der Waals surface area (Å²) in [5.74, 6) is 1.45. The maximum Gasteiger partial charge on any atom is 0.255 e. The van der Waals surface area contributed by atoms with E-state index in [4.69, 9.17) is 9.72 Å². The minimum Gasteiger partial charge on any atom is -0.374 e. The van der Waals surface area contributed by atoms with Crippen LogP contribution in [0.1, 0.15) is 6.92 Å². The molecule has 2 aliphatic rings. The van der Waals surface area contributed by atoms with Crippen molar-refractivity contribution in [2.45, 2.75) is 13.0 Å². The number of anilines is 1. The van der Waals surface area contributed by atoms with Gasteiger partial charge in [-0.1, -0.05) is 31.2 Å². The summed E-state index contributed by atoms with van der Waals surface area (Å²) in [4.78, 5) is 23.5. The highest BCUT2D eigenvalue weighted by Gasteiger charge is 2.31. The van der Waals surface area contributed by atoms with Crippen molar-refractivity contribution in [3.05, 3.63) is 65.3 Å². The molecule has 0 bridgehead atoms. The Morgan fingerprint density at radius 2 is 1.96 bits per heavy atom. The molecule has 1 aliphatic heterocycles. The Morgan fingerprint density at radius 1 is 1.19 bits per heavy atom. The first-order valence-electron chi connectivity index (χ1n) is 9.33. The van der Waals surface area contributed by atoms with Crippen LogP contribution in [0.25, 0.3) is 11.3 Å². The standard InChI is InChI=1S/C21H24N4O2/c1-15-5-3-4-6-17(15)19-14-25(11-12-27-19)21-23-18(13-20(26)24(21)2)16-7-9-22-10-8-16/h3-10,13,15,17,19H,11-12,14H2,1-2H3/t15?,17?,19-/m0/s1. The van der Waals surface area contributed by atoms with Crippen molar-refractivity contribution in [3.8, 4) is 11.3 Å². The molecule has 3 heterocycles. The number of hydrogen-bond acceptors (Lipinski definition) is 5. The average Bonchev–Trinajstić information content (AvgIpc) is 2.71. The molecular weight excluding hydrogens is 340 g/mol. The molecule has 140 valence electrons. The third-order valence-corrected chi connectivity index (χ3v) is 5.36. The second-order valence-corrected chi connectivity index (χ2v) is 7.14. The highest BCUT2D eigenvalue weighted by Crippen LogP contribution is 2.28. The van der Waals surface area contributed by atoms with Crippen LogP contribution in [-0.2, 0) is 11.8 Å². The quantitative estimate of drug-likeness (QED) is 0.837. The smallest absolute Gasteiger partial charge is 0.255 e. The minimum atomic E-state index is -0.0660. The number of pyridine rings is 1. The lowest BCUT2D eigenvalue weighted by Gasteiger charge is -2.39. The monoisotopic (exact) mass is 364 g/mol. The van der Waals surface area contributed by atoms with E-state index in [1.54, 1.807) is 30.1 Å². The number of ether oxygens (including phenoxy) is 1. The van der Waals surface area contributed by atoms with Crippen molar-refractivity contribution in [2.24, 2.45) is 18.9 Å². The molecule has 27 heavy (non-hydrogen) atoms. The molecule has 6 heteroatoms. The molecule has 0 aromatic carbocycles. The van der Waals surface area contributed by atoms with Crippen molar-refractivity contribution >= 4 is 5.95 Å². The molecular formula is C21H24N4O2. The van der Waals surface area contributed by atoms with Gasteiger partial charge in [0.15, 0.2) is 0 Å². The first kappa shape index (κ1) is 17.7. The molecule has 1 fully saturated rings. The van der Waals surface area contributed by atoms with Gasteiger partial charge in [-0.3, -0.25) is 14.3 Å². The summed E-state index contributed by atoms with van der Waals surface area (Å²) in [7, 11) is 1.78. The van der Waals surface area contributed by atoms with Gasteiger partial charge in [0.05, 0.1) is 18.4 Å². The van der Waals surface area contributed by atoms with Gasteiger partial charge in [0.2, 0.25) is 5.95 Å². The Bertz CT molecular complexity index is 920. The molecule has 0 N–H and O–H groups in total. The molecule has 4 rings (SSSR count). The zero-order chi connectivity index (χ0) is 18.8. The van der Waals surface area contributed by atoms with Gasteiger partial charge in [-0.2, -0.15) is 0 Å². The van der Waals surface area contributed by atoms with Crippen molar-refractivity contribution < 1.29 is 4.74 Å². The lowest BCUT2D eigenvalue weighted by atomic mass is 9.85. The molecule has 1 aliphatic carbocycles. The zero-order valence-corrected chi connectivity index (χ0v) is 15.7. The van der Waals surface area contributed by atoms with Gasteiger partial charge >= 0.3 is 0 Å². The summed E-state index contributed by atoms with van der Waals surface area (Å²) in [5.41, 5.74) is 1.50. The second kappa shape index (κ2) is 7.48. The van der Waals surface area contributed by atoms with Gasteiger partial charge in [0.1, 0.15) is 0 Å². The molecule has 2 unspecified atom stereocenters. The summed E-state index contributed by atoms with van der Waals surface area (Å²) in [6.07, 6.45) is 12.1. The normalized spacial score (nSPS) is 25.0. The summed E-state index contributed by atoms with van der Waals surface area (Å²) >= 11 is 0. The van der Waals surface area contributed by atoms with Gasteiger partial charge in [-0.15, -0.1) is 0 Å². The molecule has 6 nitrogen and oxygen atoms in total. The van der Waals surface area contributed by atoms with Crippen molar-refractivity contribution in [2.75, 3.05) is 24.6 Å². The van der Waals surface area contributed by atoms with Crippen LogP contribution in [-0.4, -0.2) is 40.3 Å². The van der Waals surface area contributed by atoms with Crippen LogP contribution in [0.5, 0.6) is 0 Å². The van der Waals surface area contributed by atoms with Crippen LogP contribution in [0.2, 0.25) is 0 Å². The van der Waals surface area contributed by atoms with Gasteiger partial charge in [-0.05, 0) is 18.1 Å². The fraction of sp³-hybridized carbons (Fsp3) is 0.381. The molecule has 0 saturated carbocycles. The minimum absolute atomic E-state index is 0.0660. The first-order valence-corrected chi connectivity index (χ1v) is 9.33. The predicted molar refractivity (Wildman–Crippen MR) is 106 cm³/mol. The Morgan fingerprint density at radius 3 is 2.74 bits per heavy atom. The SMILES string of the molecule is CC1C=CC=CC1[C@@H]1CN(c2nc(-c3ccncc3)cc(=O)n2C)CCO1. The Kier molecular flexibility index (Phi) is 4.90. The topological polar surface area (TPSA) is 60.2 Å². The predicted octanol–water partition coefficient (Wildman–Crippen LogP) is 2.43. The van der Waals surface area contributed by atoms with Crippen molar-refractivity contribution in [3.63, 3.8) is 0 Å². The van der Waals surface area contributed by atoms with E-state index in [2.05, 4.69) is 41.1 Å². The molecule has 1 saturated heterocycles. The highest BCUT2D eigenvalue weighted by molar-refractivity contribution is 5.59. The fourth-order valence-electron chi connectivity index (χ4n) is 3.77. The summed E-state index contributed by atoms with van der Waals surface area (Å²) in [6, 6.07) is 5.32. The summed E-state index contributed by atoms with van der Waals surface area (Å²) < 4.78 is 7.69. The third-order valence-electron chi connectivity index (χ3n) is 5.36. The van der Waals surface area contributed by atoms with E-state index in [0.717, 1.165) is 12.1 Å². The second-order valence-electron chi connectivity index (χ2n) is 7.14. The average molecular weight is 364 g/mol. The van der Waals surface area contributed by atoms with E-state index in [9.17, 15) is 4.79 Å². The largest absolute Gasteiger partial charge is 0.374 e. The van der Waals surface area contributed by atoms with Crippen LogP contribution in [0.15, 0.2) is 59.7 Å². The van der Waals surface area contributed by atoms with Crippen LogP contribution in [0.4, 0.5) is 5.95 Å². The van der Waals surface area contributed by atoms with E-state index >= 15 is 0 Å². The molecule has 0 spiro atoms. The number of rotatable bonds is 3. The van der Waals surface area contributed by atoms with Gasteiger partial charge < -0.3 is 9.64 Å². The number of aromatic nitrogens is 3. The van der Waals surface area contributed by atoms with Crippen molar-refractivity contribution in [1.82, 2.24) is 14.5 Å². The zero-order valence-electron chi connectivity index (χ0n) is 15.7. The summed E-state index contributed by atoms with van der Waals surface area (Å²) in [6.45, 7) is 4.27. The number of hydrogen-bond donors (Lipinski definition) is 0. The van der Waals surface area contributed by atoms with Gasteiger partial charge in [0.25, 0.3) is 5.56 Å².